The first-order valence-electron chi connectivity index (χ1n) is 4.33. The molecule has 0 bridgehead atoms. The first-order chi connectivity index (χ1) is 5.34. The van der Waals surface area contributed by atoms with Crippen molar-refractivity contribution in [1.82, 2.24) is 4.90 Å². The van der Waals surface area contributed by atoms with Crippen LogP contribution in [0, 0.1) is 5.92 Å². The van der Waals surface area contributed by atoms with Crippen LogP contribution in [0.25, 0.3) is 0 Å². The quantitative estimate of drug-likeness (QED) is 0.438. The second-order valence-corrected chi connectivity index (χ2v) is 3.29. The Labute approximate surface area is 66.9 Å². The number of amides is 1. The third-order valence-corrected chi connectivity index (χ3v) is 2.56. The van der Waals surface area contributed by atoms with Gasteiger partial charge in [-0.05, 0) is 6.42 Å². The van der Waals surface area contributed by atoms with Gasteiger partial charge in [-0.25, -0.2) is 0 Å². The maximum absolute atomic E-state index is 11.2. The van der Waals surface area contributed by atoms with Crippen molar-refractivity contribution in [3.05, 3.63) is 12.2 Å². The van der Waals surface area contributed by atoms with Crippen LogP contribution in [0.3, 0.4) is 0 Å². The monoisotopic (exact) mass is 151 g/mol. The minimum Gasteiger partial charge on any atom is -0.335 e. The fraction of sp³-hybridized carbons (Fsp3) is 0.667. The van der Waals surface area contributed by atoms with E-state index in [-0.39, 0.29) is 5.92 Å². The van der Waals surface area contributed by atoms with Crippen LogP contribution in [0.2, 0.25) is 0 Å². The van der Waals surface area contributed by atoms with Crippen LogP contribution in [-0.4, -0.2) is 23.4 Å². The third kappa shape index (κ3) is 0.817. The van der Waals surface area contributed by atoms with Gasteiger partial charge in [0.05, 0.1) is 12.0 Å². The van der Waals surface area contributed by atoms with E-state index in [0.29, 0.717) is 11.9 Å². The Bertz CT molecular complexity index is 210. The summed E-state index contributed by atoms with van der Waals surface area (Å²) in [6, 6.07) is 0.481. The molecule has 60 valence electrons. The molecule has 0 aromatic rings. The minimum atomic E-state index is 0.270. The van der Waals surface area contributed by atoms with Crippen molar-refractivity contribution in [2.24, 2.45) is 5.92 Å². The van der Waals surface area contributed by atoms with Crippen LogP contribution >= 0.6 is 0 Å². The number of β-lactam (4-membered cyclic amide) rings is 1. The SMILES string of the molecule is CCCCN1C(=O)C2C=CC21. The van der Waals surface area contributed by atoms with Gasteiger partial charge in [0.2, 0.25) is 5.91 Å². The molecule has 1 heterocycles. The molecule has 1 fully saturated rings. The van der Waals surface area contributed by atoms with Crippen LogP contribution in [-0.2, 0) is 4.79 Å². The van der Waals surface area contributed by atoms with E-state index in [0.717, 1.165) is 13.0 Å². The summed E-state index contributed by atoms with van der Waals surface area (Å²) in [6.45, 7) is 3.11. The number of unbranched alkanes of at least 4 members (excludes halogenated alkanes) is 1. The standard InChI is InChI=1S/C9H13NO/c1-2-3-6-10-8-5-4-7(8)9(10)11/h4-5,7-8H,2-3,6H2,1H3. The number of hydrogen-bond acceptors (Lipinski definition) is 1. The van der Waals surface area contributed by atoms with E-state index in [1.165, 1.54) is 6.42 Å². The summed E-state index contributed by atoms with van der Waals surface area (Å²) < 4.78 is 0. The number of nitrogens with zero attached hydrogens (tertiary/aromatic N) is 1. The molecule has 2 nitrogen and oxygen atoms in total. The summed E-state index contributed by atoms with van der Waals surface area (Å²) in [5.41, 5.74) is 0. The first-order valence-corrected chi connectivity index (χ1v) is 4.33. The van der Waals surface area contributed by atoms with E-state index < -0.39 is 0 Å². The summed E-state index contributed by atoms with van der Waals surface area (Å²) in [5, 5.41) is 0. The molecule has 2 unspecified atom stereocenters. The molecule has 2 atom stereocenters. The maximum Gasteiger partial charge on any atom is 0.232 e. The van der Waals surface area contributed by atoms with Gasteiger partial charge >= 0.3 is 0 Å². The minimum absolute atomic E-state index is 0.270. The topological polar surface area (TPSA) is 20.3 Å². The summed E-state index contributed by atoms with van der Waals surface area (Å²) in [5.74, 6) is 0.609. The van der Waals surface area contributed by atoms with Gasteiger partial charge in [0.25, 0.3) is 0 Å². The van der Waals surface area contributed by atoms with Crippen LogP contribution in [0.4, 0.5) is 0 Å². The molecule has 0 aromatic heterocycles. The first kappa shape index (κ1) is 6.89. The molecule has 0 saturated carbocycles. The van der Waals surface area contributed by atoms with E-state index in [4.69, 9.17) is 0 Å². The lowest BCUT2D eigenvalue weighted by atomic mass is 9.78. The number of carbonyl (C=O) groups is 1. The Kier molecular flexibility index (Phi) is 1.48. The van der Waals surface area contributed by atoms with Crippen molar-refractivity contribution < 1.29 is 4.79 Å². The maximum atomic E-state index is 11.2. The lowest BCUT2D eigenvalue weighted by Crippen LogP contribution is -2.63. The molecule has 2 rings (SSSR count). The second-order valence-electron chi connectivity index (χ2n) is 3.29. The van der Waals surface area contributed by atoms with Crippen LogP contribution in [0.1, 0.15) is 19.8 Å². The van der Waals surface area contributed by atoms with Gasteiger partial charge < -0.3 is 4.90 Å². The Hall–Kier alpha value is -0.790. The lowest BCUT2D eigenvalue weighted by Gasteiger charge is -2.49. The van der Waals surface area contributed by atoms with Crippen molar-refractivity contribution >= 4 is 5.91 Å². The number of rotatable bonds is 3. The van der Waals surface area contributed by atoms with E-state index in [9.17, 15) is 4.79 Å². The Morgan fingerprint density at radius 2 is 2.36 bits per heavy atom. The molecule has 0 N–H and O–H groups in total. The average Bonchev–Trinajstić information content (AvgIpc) is 1.95. The van der Waals surface area contributed by atoms with E-state index in [1.54, 1.807) is 0 Å². The van der Waals surface area contributed by atoms with Crippen molar-refractivity contribution in [3.8, 4) is 0 Å². The van der Waals surface area contributed by atoms with Crippen molar-refractivity contribution in [2.45, 2.75) is 25.8 Å². The summed E-state index contributed by atoms with van der Waals surface area (Å²) >= 11 is 0. The van der Waals surface area contributed by atoms with Gasteiger partial charge in [0, 0.05) is 6.54 Å². The summed E-state index contributed by atoms with van der Waals surface area (Å²) in [6.07, 6.45) is 6.45. The van der Waals surface area contributed by atoms with Gasteiger partial charge in [-0.3, -0.25) is 4.79 Å². The van der Waals surface area contributed by atoms with Gasteiger partial charge in [0.15, 0.2) is 0 Å². The largest absolute Gasteiger partial charge is 0.335 e. The van der Waals surface area contributed by atoms with E-state index >= 15 is 0 Å². The highest BCUT2D eigenvalue weighted by Gasteiger charge is 2.48. The molecule has 0 aromatic carbocycles. The normalized spacial score (nSPS) is 32.8. The predicted octanol–water partition coefficient (Wildman–Crippen LogP) is 1.18. The molecule has 1 saturated heterocycles. The van der Waals surface area contributed by atoms with E-state index in [1.807, 2.05) is 11.0 Å². The summed E-state index contributed by atoms with van der Waals surface area (Å²) in [7, 11) is 0. The number of fused-ring (bicyclic) bond motifs is 1. The number of carbonyl (C=O) groups excluding carboxylic acids is 1. The third-order valence-electron chi connectivity index (χ3n) is 2.56. The zero-order chi connectivity index (χ0) is 7.84. The fourth-order valence-electron chi connectivity index (χ4n) is 1.69. The molecule has 0 radical (unpaired) electrons. The smallest absolute Gasteiger partial charge is 0.232 e. The lowest BCUT2D eigenvalue weighted by molar-refractivity contribution is -0.151. The Morgan fingerprint density at radius 3 is 2.82 bits per heavy atom. The zero-order valence-electron chi connectivity index (χ0n) is 6.79. The summed E-state index contributed by atoms with van der Waals surface area (Å²) in [4.78, 5) is 13.2. The Morgan fingerprint density at radius 1 is 1.55 bits per heavy atom. The molecule has 1 aliphatic carbocycles. The average molecular weight is 151 g/mol. The second kappa shape index (κ2) is 2.36. The molecule has 2 aliphatic rings. The van der Waals surface area contributed by atoms with Gasteiger partial charge in [-0.15, -0.1) is 0 Å². The molecule has 1 aliphatic heterocycles. The van der Waals surface area contributed by atoms with Crippen molar-refractivity contribution in [1.29, 1.82) is 0 Å². The number of likely N-dealkylation sites (tertiary alicyclic amines) is 1. The fourth-order valence-corrected chi connectivity index (χ4v) is 1.69. The van der Waals surface area contributed by atoms with Gasteiger partial charge in [-0.1, -0.05) is 25.5 Å². The van der Waals surface area contributed by atoms with Crippen LogP contribution < -0.4 is 0 Å². The Balaban J connectivity index is 1.87. The van der Waals surface area contributed by atoms with Crippen LogP contribution in [0.15, 0.2) is 12.2 Å². The molecular formula is C9H13NO. The highest BCUT2D eigenvalue weighted by molar-refractivity contribution is 5.90. The molecule has 2 heteroatoms. The van der Waals surface area contributed by atoms with E-state index in [2.05, 4.69) is 13.0 Å². The number of hydrogen-bond donors (Lipinski definition) is 0. The van der Waals surface area contributed by atoms with Gasteiger partial charge in [-0.2, -0.15) is 0 Å². The molecule has 1 amide bonds. The highest BCUT2D eigenvalue weighted by atomic mass is 16.2. The zero-order valence-corrected chi connectivity index (χ0v) is 6.79. The molecule has 11 heavy (non-hydrogen) atoms. The highest BCUT2D eigenvalue weighted by Crippen LogP contribution is 2.35. The molecular weight excluding hydrogens is 138 g/mol. The molecule has 0 spiro atoms. The van der Waals surface area contributed by atoms with Gasteiger partial charge in [0.1, 0.15) is 0 Å². The van der Waals surface area contributed by atoms with Crippen LogP contribution in [0.5, 0.6) is 0 Å². The van der Waals surface area contributed by atoms with Crippen molar-refractivity contribution in [2.75, 3.05) is 6.54 Å². The predicted molar refractivity (Wildman–Crippen MR) is 43.0 cm³/mol. The van der Waals surface area contributed by atoms with Crippen molar-refractivity contribution in [3.63, 3.8) is 0 Å².